The Morgan fingerprint density at radius 3 is 2.53 bits per heavy atom. The molecule has 184 valence electrons. The van der Waals surface area contributed by atoms with Crippen molar-refractivity contribution in [3.8, 4) is 5.75 Å². The van der Waals surface area contributed by atoms with E-state index in [1.807, 2.05) is 31.3 Å². The van der Waals surface area contributed by atoms with Crippen LogP contribution < -0.4 is 14.5 Å². The number of nitro groups is 1. The van der Waals surface area contributed by atoms with Gasteiger partial charge in [-0.3, -0.25) is 10.1 Å². The molecule has 2 aromatic rings. The van der Waals surface area contributed by atoms with Crippen LogP contribution >= 0.6 is 0 Å². The molecular formula is C23H31N5O5S. The lowest BCUT2D eigenvalue weighted by molar-refractivity contribution is -0.384. The number of benzene rings is 2. The van der Waals surface area contributed by atoms with Crippen molar-refractivity contribution >= 4 is 27.1 Å². The Hall–Kier alpha value is -2.89. The van der Waals surface area contributed by atoms with Crippen molar-refractivity contribution in [1.29, 1.82) is 0 Å². The summed E-state index contributed by atoms with van der Waals surface area (Å²) in [5, 5.41) is 11.9. The van der Waals surface area contributed by atoms with Crippen LogP contribution in [0, 0.1) is 10.1 Å². The maximum Gasteiger partial charge on any atom is 0.293 e. The largest absolute Gasteiger partial charge is 0.485 e. The first-order chi connectivity index (χ1) is 16.2. The van der Waals surface area contributed by atoms with Gasteiger partial charge in [0.15, 0.2) is 0 Å². The number of ether oxygens (including phenoxy) is 1. The number of anilines is 2. The Morgan fingerprint density at radius 2 is 1.85 bits per heavy atom. The molecule has 1 atom stereocenters. The summed E-state index contributed by atoms with van der Waals surface area (Å²) in [5.41, 5.74) is 1.16. The van der Waals surface area contributed by atoms with Crippen LogP contribution in [0.25, 0.3) is 0 Å². The van der Waals surface area contributed by atoms with Crippen LogP contribution in [0.2, 0.25) is 0 Å². The third kappa shape index (κ3) is 4.82. The Labute approximate surface area is 200 Å². The van der Waals surface area contributed by atoms with Crippen molar-refractivity contribution in [2.45, 2.75) is 17.9 Å². The van der Waals surface area contributed by atoms with Gasteiger partial charge in [0.2, 0.25) is 10.0 Å². The van der Waals surface area contributed by atoms with Crippen molar-refractivity contribution in [2.24, 2.45) is 0 Å². The summed E-state index contributed by atoms with van der Waals surface area (Å²) < 4.78 is 33.8. The monoisotopic (exact) mass is 489 g/mol. The molecule has 0 bridgehead atoms. The highest BCUT2D eigenvalue weighted by atomic mass is 32.2. The molecule has 0 aliphatic carbocycles. The van der Waals surface area contributed by atoms with E-state index in [1.54, 1.807) is 11.9 Å². The quantitative estimate of drug-likeness (QED) is 0.431. The maximum absolute atomic E-state index is 13.1. The number of piperazine rings is 1. The number of likely N-dealkylation sites (N-methyl/N-ethyl adjacent to an activating group) is 3. The van der Waals surface area contributed by atoms with Crippen LogP contribution in [0.15, 0.2) is 47.4 Å². The van der Waals surface area contributed by atoms with E-state index >= 15 is 0 Å². The highest BCUT2D eigenvalue weighted by molar-refractivity contribution is 7.89. The van der Waals surface area contributed by atoms with E-state index in [1.165, 1.54) is 22.5 Å². The third-order valence-electron chi connectivity index (χ3n) is 6.44. The minimum absolute atomic E-state index is 0.0547. The molecule has 2 aliphatic heterocycles. The molecule has 34 heavy (non-hydrogen) atoms. The first kappa shape index (κ1) is 24.2. The molecule has 0 aromatic heterocycles. The second kappa shape index (κ2) is 9.77. The Kier molecular flexibility index (Phi) is 6.96. The van der Waals surface area contributed by atoms with Gasteiger partial charge in [0.05, 0.1) is 28.6 Å². The van der Waals surface area contributed by atoms with Gasteiger partial charge in [0.1, 0.15) is 17.5 Å². The third-order valence-corrected chi connectivity index (χ3v) is 8.33. The first-order valence-corrected chi connectivity index (χ1v) is 12.8. The van der Waals surface area contributed by atoms with Crippen LogP contribution in [-0.4, -0.2) is 88.6 Å². The van der Waals surface area contributed by atoms with Gasteiger partial charge in [-0.1, -0.05) is 12.1 Å². The molecule has 2 aromatic carbocycles. The van der Waals surface area contributed by atoms with E-state index in [2.05, 4.69) is 16.7 Å². The molecule has 4 rings (SSSR count). The Bertz CT molecular complexity index is 1150. The van der Waals surface area contributed by atoms with Gasteiger partial charge >= 0.3 is 0 Å². The summed E-state index contributed by atoms with van der Waals surface area (Å²) in [6.07, 6.45) is -0.201. The van der Waals surface area contributed by atoms with Gasteiger partial charge in [-0.2, -0.15) is 4.31 Å². The molecule has 11 heteroatoms. The van der Waals surface area contributed by atoms with Crippen molar-refractivity contribution < 1.29 is 18.1 Å². The molecule has 10 nitrogen and oxygen atoms in total. The highest BCUT2D eigenvalue weighted by Crippen LogP contribution is 2.35. The van der Waals surface area contributed by atoms with E-state index in [-0.39, 0.29) is 16.7 Å². The van der Waals surface area contributed by atoms with Gasteiger partial charge in [-0.25, -0.2) is 8.42 Å². The zero-order valence-corrected chi connectivity index (χ0v) is 20.6. The lowest BCUT2D eigenvalue weighted by Crippen LogP contribution is -2.47. The summed E-state index contributed by atoms with van der Waals surface area (Å²) in [5.74, 6) is 0.789. The van der Waals surface area contributed by atoms with Gasteiger partial charge in [0.25, 0.3) is 5.69 Å². The molecule has 0 N–H and O–H groups in total. The molecule has 1 saturated heterocycles. The molecule has 1 unspecified atom stereocenters. The fourth-order valence-corrected chi connectivity index (χ4v) is 5.93. The SMILES string of the molecule is CCN1CC(CN(C)c2ccc(S(=O)(=O)N3CCN(C)CC3)cc2[N+](=O)[O-])Oc2ccccc21. The fraction of sp³-hybridized carbons (Fsp3) is 0.478. The zero-order valence-electron chi connectivity index (χ0n) is 19.8. The normalized spacial score (nSPS) is 19.4. The predicted molar refractivity (Wildman–Crippen MR) is 131 cm³/mol. The van der Waals surface area contributed by atoms with Crippen molar-refractivity contribution in [3.63, 3.8) is 0 Å². The average molecular weight is 490 g/mol. The molecule has 0 radical (unpaired) electrons. The summed E-state index contributed by atoms with van der Waals surface area (Å²) in [6.45, 7) is 5.94. The lowest BCUT2D eigenvalue weighted by atomic mass is 10.1. The number of nitrogens with zero attached hydrogens (tertiary/aromatic N) is 5. The molecule has 0 saturated carbocycles. The van der Waals surface area contributed by atoms with Gasteiger partial charge in [0, 0.05) is 45.8 Å². The number of para-hydroxylation sites is 2. The average Bonchev–Trinajstić information content (AvgIpc) is 2.83. The van der Waals surface area contributed by atoms with Crippen LogP contribution in [0.1, 0.15) is 6.92 Å². The summed E-state index contributed by atoms with van der Waals surface area (Å²) in [6, 6.07) is 12.0. The summed E-state index contributed by atoms with van der Waals surface area (Å²) in [4.78, 5) is 17.4. The van der Waals surface area contributed by atoms with Crippen LogP contribution in [-0.2, 0) is 10.0 Å². The second-order valence-corrected chi connectivity index (χ2v) is 10.7. The lowest BCUT2D eigenvalue weighted by Gasteiger charge is -2.37. The Morgan fingerprint density at radius 1 is 1.15 bits per heavy atom. The number of fused-ring (bicyclic) bond motifs is 1. The van der Waals surface area contributed by atoms with Gasteiger partial charge in [-0.05, 0) is 38.2 Å². The minimum atomic E-state index is -3.80. The van der Waals surface area contributed by atoms with E-state index in [4.69, 9.17) is 4.74 Å². The van der Waals surface area contributed by atoms with E-state index in [0.717, 1.165) is 18.0 Å². The van der Waals surface area contributed by atoms with Gasteiger partial charge < -0.3 is 19.4 Å². The maximum atomic E-state index is 13.1. The van der Waals surface area contributed by atoms with E-state index in [9.17, 15) is 18.5 Å². The Balaban J connectivity index is 1.55. The molecule has 0 amide bonds. The topological polar surface area (TPSA) is 99.5 Å². The summed E-state index contributed by atoms with van der Waals surface area (Å²) in [7, 11) is -0.104. The number of hydrogen-bond donors (Lipinski definition) is 0. The number of rotatable bonds is 7. The number of nitro benzene ring substituents is 1. The zero-order chi connectivity index (χ0) is 24.5. The molecule has 2 heterocycles. The van der Waals surface area contributed by atoms with E-state index in [0.29, 0.717) is 45.0 Å². The van der Waals surface area contributed by atoms with Crippen molar-refractivity contribution in [1.82, 2.24) is 9.21 Å². The molecule has 0 spiro atoms. The van der Waals surface area contributed by atoms with Crippen molar-refractivity contribution in [2.75, 3.05) is 69.7 Å². The van der Waals surface area contributed by atoms with Crippen LogP contribution in [0.5, 0.6) is 5.75 Å². The van der Waals surface area contributed by atoms with Gasteiger partial charge in [-0.15, -0.1) is 0 Å². The van der Waals surface area contributed by atoms with Crippen LogP contribution in [0.3, 0.4) is 0 Å². The first-order valence-electron chi connectivity index (χ1n) is 11.4. The predicted octanol–water partition coefficient (Wildman–Crippen LogP) is 2.25. The smallest absolute Gasteiger partial charge is 0.293 e. The highest BCUT2D eigenvalue weighted by Gasteiger charge is 2.31. The minimum Gasteiger partial charge on any atom is -0.485 e. The summed E-state index contributed by atoms with van der Waals surface area (Å²) >= 11 is 0. The second-order valence-electron chi connectivity index (χ2n) is 8.74. The molecule has 1 fully saturated rings. The molecule has 2 aliphatic rings. The fourth-order valence-electron chi connectivity index (χ4n) is 4.49. The van der Waals surface area contributed by atoms with Crippen molar-refractivity contribution in [3.05, 3.63) is 52.6 Å². The van der Waals surface area contributed by atoms with Crippen LogP contribution in [0.4, 0.5) is 17.1 Å². The number of hydrogen-bond acceptors (Lipinski definition) is 8. The van der Waals surface area contributed by atoms with E-state index < -0.39 is 14.9 Å². The standard InChI is InChI=1S/C23H31N5O5S/c1-4-26-17-18(33-23-8-6-5-7-21(23)26)16-25(3)20-10-9-19(15-22(20)28(29)30)34(31,32)27-13-11-24(2)12-14-27/h5-10,15,18H,4,11-14,16-17H2,1-3H3. The molecular weight excluding hydrogens is 458 g/mol. The number of sulfonamides is 1.